The first-order valence-electron chi connectivity index (χ1n) is 10.2. The van der Waals surface area contributed by atoms with E-state index in [1.54, 1.807) is 19.2 Å². The summed E-state index contributed by atoms with van der Waals surface area (Å²) in [5.41, 5.74) is 2.03. The van der Waals surface area contributed by atoms with Gasteiger partial charge in [-0.25, -0.2) is 4.39 Å². The number of para-hydroxylation sites is 1. The van der Waals surface area contributed by atoms with Crippen LogP contribution in [-0.4, -0.2) is 43.1 Å². The van der Waals surface area contributed by atoms with E-state index in [-0.39, 0.29) is 18.1 Å². The topological polar surface area (TPSA) is 70.5 Å². The molecule has 0 aliphatic rings. The molecule has 2 aromatic carbocycles. The summed E-state index contributed by atoms with van der Waals surface area (Å²) in [6, 6.07) is 16.5. The Morgan fingerprint density at radius 1 is 0.967 bits per heavy atom. The molecule has 0 saturated heterocycles. The minimum absolute atomic E-state index is 0.0923. The number of aromatic nitrogens is 1. The first-order valence-corrected chi connectivity index (χ1v) is 10.2. The van der Waals surface area contributed by atoms with Crippen molar-refractivity contribution in [2.24, 2.45) is 4.99 Å². The third-order valence-electron chi connectivity index (χ3n) is 4.79. The zero-order valence-corrected chi connectivity index (χ0v) is 17.2. The van der Waals surface area contributed by atoms with Gasteiger partial charge in [0.05, 0.1) is 6.42 Å². The van der Waals surface area contributed by atoms with E-state index in [9.17, 15) is 9.18 Å². The molecule has 0 spiro atoms. The fraction of sp³-hybridized carbons (Fsp3) is 0.304. The van der Waals surface area contributed by atoms with E-state index in [1.807, 2.05) is 0 Å². The molecule has 0 radical (unpaired) electrons. The van der Waals surface area contributed by atoms with Crippen molar-refractivity contribution in [3.8, 4) is 0 Å². The predicted octanol–water partition coefficient (Wildman–Crippen LogP) is 2.69. The van der Waals surface area contributed by atoms with Crippen LogP contribution in [0.1, 0.15) is 12.0 Å². The Bertz CT molecular complexity index is 981. The molecule has 6 nitrogen and oxygen atoms in total. The van der Waals surface area contributed by atoms with E-state index in [0.29, 0.717) is 19.0 Å². The van der Waals surface area contributed by atoms with Crippen molar-refractivity contribution in [1.29, 1.82) is 0 Å². The Labute approximate surface area is 176 Å². The molecule has 0 atom stereocenters. The number of nitrogens with zero attached hydrogens (tertiary/aromatic N) is 2. The molecule has 0 fully saturated rings. The smallest absolute Gasteiger partial charge is 0.224 e. The highest BCUT2D eigenvalue weighted by molar-refractivity contribution is 5.81. The van der Waals surface area contributed by atoms with Gasteiger partial charge in [0.1, 0.15) is 5.82 Å². The fourth-order valence-electron chi connectivity index (χ4n) is 3.25. The van der Waals surface area contributed by atoms with Gasteiger partial charge in [-0.15, -0.1) is 0 Å². The number of nitrogens with one attached hydrogen (secondary N) is 3. The molecule has 1 aromatic heterocycles. The van der Waals surface area contributed by atoms with Crippen molar-refractivity contribution in [1.82, 2.24) is 20.5 Å². The molecule has 0 unspecified atom stereocenters. The van der Waals surface area contributed by atoms with Crippen LogP contribution in [0.3, 0.4) is 0 Å². The number of aliphatic imine (C=N–C) groups is 1. The van der Waals surface area contributed by atoms with Gasteiger partial charge in [0.25, 0.3) is 0 Å². The minimum atomic E-state index is -0.302. The number of halogens is 1. The fourth-order valence-corrected chi connectivity index (χ4v) is 3.25. The third kappa shape index (κ3) is 6.34. The zero-order valence-electron chi connectivity index (χ0n) is 17.2. The third-order valence-corrected chi connectivity index (χ3v) is 4.79. The van der Waals surface area contributed by atoms with E-state index in [4.69, 9.17) is 0 Å². The highest BCUT2D eigenvalue weighted by Crippen LogP contribution is 2.15. The number of benzene rings is 2. The van der Waals surface area contributed by atoms with Gasteiger partial charge in [0.2, 0.25) is 5.91 Å². The quantitative estimate of drug-likeness (QED) is 0.289. The lowest BCUT2D eigenvalue weighted by Crippen LogP contribution is -2.42. The van der Waals surface area contributed by atoms with Crippen molar-refractivity contribution >= 4 is 22.8 Å². The molecular weight excluding hydrogens is 381 g/mol. The van der Waals surface area contributed by atoms with Crippen molar-refractivity contribution in [3.05, 3.63) is 72.2 Å². The second-order valence-corrected chi connectivity index (χ2v) is 7.00. The molecular formula is C23H28FN5O. The summed E-state index contributed by atoms with van der Waals surface area (Å²) in [4.78, 5) is 16.2. The maximum atomic E-state index is 12.9. The largest absolute Gasteiger partial charge is 0.356 e. The van der Waals surface area contributed by atoms with Gasteiger partial charge in [-0.1, -0.05) is 30.3 Å². The van der Waals surface area contributed by atoms with Crippen LogP contribution < -0.4 is 16.0 Å². The van der Waals surface area contributed by atoms with Crippen LogP contribution in [0.15, 0.2) is 65.8 Å². The Morgan fingerprint density at radius 3 is 2.50 bits per heavy atom. The standard InChI is InChI=1S/C23H28FN5O/c1-25-23(27-12-4-15-29-16-11-19-5-2-3-6-21(19)29)28-14-13-26-22(30)17-18-7-9-20(24)10-8-18/h2-3,5-11,16H,4,12-15,17H2,1H3,(H,26,30)(H2,25,27,28). The zero-order chi connectivity index (χ0) is 21.2. The highest BCUT2D eigenvalue weighted by Gasteiger charge is 2.04. The lowest BCUT2D eigenvalue weighted by Gasteiger charge is -2.13. The Morgan fingerprint density at radius 2 is 1.70 bits per heavy atom. The van der Waals surface area contributed by atoms with Crippen molar-refractivity contribution in [2.75, 3.05) is 26.7 Å². The van der Waals surface area contributed by atoms with E-state index < -0.39 is 0 Å². The lowest BCUT2D eigenvalue weighted by atomic mass is 10.1. The molecule has 7 heteroatoms. The molecule has 3 aromatic rings. The van der Waals surface area contributed by atoms with Gasteiger partial charge in [-0.2, -0.15) is 0 Å². The van der Waals surface area contributed by atoms with Gasteiger partial charge in [0, 0.05) is 44.9 Å². The molecule has 158 valence electrons. The minimum Gasteiger partial charge on any atom is -0.356 e. The number of hydrogen-bond donors (Lipinski definition) is 3. The monoisotopic (exact) mass is 409 g/mol. The number of amides is 1. The summed E-state index contributed by atoms with van der Waals surface area (Å²) in [6.45, 7) is 2.77. The molecule has 1 amide bonds. The summed E-state index contributed by atoms with van der Waals surface area (Å²) < 4.78 is 15.2. The molecule has 3 N–H and O–H groups in total. The van der Waals surface area contributed by atoms with Crippen LogP contribution in [0, 0.1) is 5.82 Å². The van der Waals surface area contributed by atoms with Crippen molar-refractivity contribution < 1.29 is 9.18 Å². The first-order chi connectivity index (χ1) is 14.7. The first kappa shape index (κ1) is 21.4. The summed E-state index contributed by atoms with van der Waals surface area (Å²) >= 11 is 0. The summed E-state index contributed by atoms with van der Waals surface area (Å²) in [7, 11) is 1.72. The molecule has 30 heavy (non-hydrogen) atoms. The van der Waals surface area contributed by atoms with Gasteiger partial charge in [0.15, 0.2) is 5.96 Å². The number of carbonyl (C=O) groups excluding carboxylic acids is 1. The van der Waals surface area contributed by atoms with Gasteiger partial charge < -0.3 is 20.5 Å². The number of aryl methyl sites for hydroxylation is 1. The number of hydrogen-bond acceptors (Lipinski definition) is 2. The molecule has 0 bridgehead atoms. The average molecular weight is 410 g/mol. The highest BCUT2D eigenvalue weighted by atomic mass is 19.1. The lowest BCUT2D eigenvalue weighted by molar-refractivity contribution is -0.120. The Kier molecular flexibility index (Phi) is 7.83. The van der Waals surface area contributed by atoms with E-state index in [0.717, 1.165) is 25.1 Å². The summed E-state index contributed by atoms with van der Waals surface area (Å²) in [5, 5.41) is 10.6. The SMILES string of the molecule is CN=C(NCCCn1ccc2ccccc21)NCCNC(=O)Cc1ccc(F)cc1. The molecule has 0 aliphatic carbocycles. The summed E-state index contributed by atoms with van der Waals surface area (Å²) in [6.07, 6.45) is 3.32. The van der Waals surface area contributed by atoms with E-state index in [1.165, 1.54) is 23.0 Å². The normalized spacial score (nSPS) is 11.5. The molecule has 1 heterocycles. The van der Waals surface area contributed by atoms with E-state index in [2.05, 4.69) is 62.0 Å². The Balaban J connectivity index is 1.30. The van der Waals surface area contributed by atoms with Crippen LogP contribution in [0.2, 0.25) is 0 Å². The van der Waals surface area contributed by atoms with Crippen molar-refractivity contribution in [3.63, 3.8) is 0 Å². The van der Waals surface area contributed by atoms with Crippen LogP contribution in [0.5, 0.6) is 0 Å². The van der Waals surface area contributed by atoms with Crippen LogP contribution in [0.4, 0.5) is 4.39 Å². The van der Waals surface area contributed by atoms with Crippen LogP contribution >= 0.6 is 0 Å². The molecule has 0 saturated carbocycles. The molecule has 3 rings (SSSR count). The molecule has 0 aliphatic heterocycles. The predicted molar refractivity (Wildman–Crippen MR) is 119 cm³/mol. The van der Waals surface area contributed by atoms with Gasteiger partial charge in [-0.05, 0) is 41.6 Å². The second-order valence-electron chi connectivity index (χ2n) is 7.00. The van der Waals surface area contributed by atoms with E-state index >= 15 is 0 Å². The Hall–Kier alpha value is -3.35. The maximum absolute atomic E-state index is 12.9. The second kappa shape index (κ2) is 11.0. The van der Waals surface area contributed by atoms with Crippen molar-refractivity contribution in [2.45, 2.75) is 19.4 Å². The van der Waals surface area contributed by atoms with Gasteiger partial charge in [-0.3, -0.25) is 9.79 Å². The number of guanidine groups is 1. The number of fused-ring (bicyclic) bond motifs is 1. The van der Waals surface area contributed by atoms with Crippen LogP contribution in [0.25, 0.3) is 10.9 Å². The maximum Gasteiger partial charge on any atom is 0.224 e. The number of rotatable bonds is 9. The summed E-state index contributed by atoms with van der Waals surface area (Å²) in [5.74, 6) is 0.314. The van der Waals surface area contributed by atoms with Crippen LogP contribution in [-0.2, 0) is 17.8 Å². The number of carbonyl (C=O) groups is 1. The average Bonchev–Trinajstić information content (AvgIpc) is 3.17. The van der Waals surface area contributed by atoms with Gasteiger partial charge >= 0.3 is 0 Å².